The van der Waals surface area contributed by atoms with Gasteiger partial charge in [0.2, 0.25) is 5.91 Å². The number of primary amides is 1. The molecule has 0 unspecified atom stereocenters. The first-order valence-corrected chi connectivity index (χ1v) is 10.9. The second-order valence-corrected chi connectivity index (χ2v) is 8.83. The number of amides is 1. The minimum atomic E-state index is -1.26. The highest BCUT2D eigenvalue weighted by molar-refractivity contribution is 6.35. The van der Waals surface area contributed by atoms with Crippen LogP contribution in [0.25, 0.3) is 22.3 Å². The Morgan fingerprint density at radius 2 is 1.83 bits per heavy atom. The van der Waals surface area contributed by atoms with E-state index in [1.807, 2.05) is 0 Å². The Morgan fingerprint density at radius 1 is 1.14 bits per heavy atom. The number of anilines is 1. The van der Waals surface area contributed by atoms with E-state index in [0.717, 1.165) is 6.07 Å². The number of carbonyl (C=O) groups is 1. The molecular weight excluding hydrogens is 478 g/mol. The molecule has 0 aliphatic carbocycles. The Bertz CT molecular complexity index is 1460. The number of pyridine rings is 2. The van der Waals surface area contributed by atoms with E-state index in [4.69, 9.17) is 17.3 Å². The van der Waals surface area contributed by atoms with Crippen molar-refractivity contribution in [3.63, 3.8) is 0 Å². The number of rotatable bonds is 6. The largest absolute Gasteiger partial charge is 0.382 e. The number of aromatic nitrogens is 4. The van der Waals surface area contributed by atoms with Gasteiger partial charge in [0.25, 0.3) is 0 Å². The number of nitrogens with zero attached hydrogens (tertiary/aromatic N) is 4. The number of carbonyl (C=O) groups excluding carboxylic acids is 1. The third-order valence-electron chi connectivity index (χ3n) is 5.28. The third kappa shape index (κ3) is 4.89. The van der Waals surface area contributed by atoms with Gasteiger partial charge in [0, 0.05) is 41.7 Å². The molecule has 1 aromatic carbocycles. The summed E-state index contributed by atoms with van der Waals surface area (Å²) >= 11 is 6.49. The van der Waals surface area contributed by atoms with Crippen LogP contribution in [0.4, 0.5) is 14.5 Å². The fourth-order valence-electron chi connectivity index (χ4n) is 3.44. The minimum Gasteiger partial charge on any atom is -0.382 e. The topological polar surface area (TPSA) is 127 Å². The van der Waals surface area contributed by atoms with E-state index < -0.39 is 23.1 Å². The van der Waals surface area contributed by atoms with Crippen molar-refractivity contribution >= 4 is 34.2 Å². The molecule has 4 rings (SSSR count). The van der Waals surface area contributed by atoms with Gasteiger partial charge in [-0.05, 0) is 39.0 Å². The fraction of sp³-hybridized carbons (Fsp3) is 0.208. The summed E-state index contributed by atoms with van der Waals surface area (Å²) in [7, 11) is 0. The SMILES string of the molecule is Cc1nc2cc(F)c(-c3cnc(C(C)(C)O)nc3)nc2c(NCc2cc(C(N)=O)ccc2F)c1Cl. The summed E-state index contributed by atoms with van der Waals surface area (Å²) in [5.41, 5.74) is 5.80. The average Bonchev–Trinajstić information content (AvgIpc) is 2.79. The number of aliphatic hydroxyl groups is 1. The predicted molar refractivity (Wildman–Crippen MR) is 128 cm³/mol. The highest BCUT2D eigenvalue weighted by atomic mass is 35.5. The second-order valence-electron chi connectivity index (χ2n) is 8.45. The van der Waals surface area contributed by atoms with Crippen LogP contribution in [0.5, 0.6) is 0 Å². The van der Waals surface area contributed by atoms with E-state index in [0.29, 0.717) is 11.4 Å². The maximum absolute atomic E-state index is 15.0. The van der Waals surface area contributed by atoms with Crippen molar-refractivity contribution in [2.24, 2.45) is 5.73 Å². The normalized spacial score (nSPS) is 11.6. The van der Waals surface area contributed by atoms with Crippen molar-refractivity contribution in [3.8, 4) is 11.3 Å². The first kappa shape index (κ1) is 24.4. The van der Waals surface area contributed by atoms with Gasteiger partial charge in [-0.3, -0.25) is 4.79 Å². The second kappa shape index (κ2) is 9.12. The third-order valence-corrected chi connectivity index (χ3v) is 5.74. The quantitative estimate of drug-likeness (QED) is 0.362. The number of fused-ring (bicyclic) bond motifs is 1. The van der Waals surface area contributed by atoms with Crippen molar-refractivity contribution < 1.29 is 18.7 Å². The number of nitrogens with two attached hydrogens (primary N) is 1. The lowest BCUT2D eigenvalue weighted by molar-refractivity contribution is 0.0687. The smallest absolute Gasteiger partial charge is 0.248 e. The zero-order chi connectivity index (χ0) is 25.5. The van der Waals surface area contributed by atoms with Gasteiger partial charge in [0.1, 0.15) is 22.6 Å². The van der Waals surface area contributed by atoms with Gasteiger partial charge in [0.05, 0.1) is 21.9 Å². The standard InChI is InChI=1S/C24H21ClF2N6O2/c1-11-18(25)21(29-8-13-6-12(22(28)34)4-5-15(13)26)20-17(32-11)7-16(27)19(33-20)14-9-30-23(31-10-14)24(2,3)35/h4-7,9-10,35H,8H2,1-3H3,(H2,28,34)(H,29,32). The molecule has 0 saturated heterocycles. The Morgan fingerprint density at radius 3 is 2.46 bits per heavy atom. The zero-order valence-corrected chi connectivity index (χ0v) is 19.8. The first-order chi connectivity index (χ1) is 16.5. The van der Waals surface area contributed by atoms with E-state index in [1.165, 1.54) is 44.4 Å². The molecule has 0 radical (unpaired) electrons. The van der Waals surface area contributed by atoms with Crippen LogP contribution in [0.2, 0.25) is 5.02 Å². The molecule has 4 aromatic rings. The molecule has 3 aromatic heterocycles. The van der Waals surface area contributed by atoms with Crippen LogP contribution in [0.1, 0.15) is 41.3 Å². The molecule has 180 valence electrons. The summed E-state index contributed by atoms with van der Waals surface area (Å²) < 4.78 is 29.3. The molecule has 0 spiro atoms. The summed E-state index contributed by atoms with van der Waals surface area (Å²) in [5.74, 6) is -1.71. The molecule has 0 atom stereocenters. The average molecular weight is 499 g/mol. The monoisotopic (exact) mass is 498 g/mol. The Labute approximate surface area is 204 Å². The van der Waals surface area contributed by atoms with Crippen molar-refractivity contribution in [2.45, 2.75) is 32.9 Å². The lowest BCUT2D eigenvalue weighted by Crippen LogP contribution is -2.19. The van der Waals surface area contributed by atoms with Gasteiger partial charge < -0.3 is 16.2 Å². The predicted octanol–water partition coefficient (Wildman–Crippen LogP) is 4.27. The first-order valence-electron chi connectivity index (χ1n) is 10.5. The van der Waals surface area contributed by atoms with Crippen LogP contribution in [0, 0.1) is 18.6 Å². The zero-order valence-electron chi connectivity index (χ0n) is 19.0. The molecule has 35 heavy (non-hydrogen) atoms. The number of halogens is 3. The van der Waals surface area contributed by atoms with E-state index in [2.05, 4.69) is 25.3 Å². The molecule has 0 bridgehead atoms. The van der Waals surface area contributed by atoms with E-state index in [1.54, 1.807) is 6.92 Å². The molecule has 3 heterocycles. The number of aryl methyl sites for hydroxylation is 1. The molecular formula is C24H21ClF2N6O2. The van der Waals surface area contributed by atoms with Gasteiger partial charge in [-0.2, -0.15) is 0 Å². The fourth-order valence-corrected chi connectivity index (χ4v) is 3.64. The van der Waals surface area contributed by atoms with Gasteiger partial charge >= 0.3 is 0 Å². The van der Waals surface area contributed by atoms with Crippen LogP contribution >= 0.6 is 11.6 Å². The summed E-state index contributed by atoms with van der Waals surface area (Å²) in [6, 6.07) is 5.00. The molecule has 11 heteroatoms. The summed E-state index contributed by atoms with van der Waals surface area (Å²) in [5, 5.41) is 13.3. The van der Waals surface area contributed by atoms with Gasteiger partial charge in [0.15, 0.2) is 11.6 Å². The van der Waals surface area contributed by atoms with Crippen molar-refractivity contribution in [1.29, 1.82) is 0 Å². The Hall–Kier alpha value is -3.76. The lowest BCUT2D eigenvalue weighted by atomic mass is 10.1. The molecule has 0 aliphatic rings. The molecule has 4 N–H and O–H groups in total. The number of benzene rings is 1. The van der Waals surface area contributed by atoms with Crippen molar-refractivity contribution in [1.82, 2.24) is 19.9 Å². The number of hydrogen-bond donors (Lipinski definition) is 3. The van der Waals surface area contributed by atoms with Gasteiger partial charge in [-0.15, -0.1) is 0 Å². The molecule has 8 nitrogen and oxygen atoms in total. The number of hydrogen-bond acceptors (Lipinski definition) is 7. The van der Waals surface area contributed by atoms with Crippen LogP contribution in [0.3, 0.4) is 0 Å². The Balaban J connectivity index is 1.78. The molecule has 1 amide bonds. The van der Waals surface area contributed by atoms with E-state index in [-0.39, 0.29) is 50.8 Å². The van der Waals surface area contributed by atoms with Crippen LogP contribution < -0.4 is 11.1 Å². The van der Waals surface area contributed by atoms with Gasteiger partial charge in [-0.25, -0.2) is 28.7 Å². The van der Waals surface area contributed by atoms with Gasteiger partial charge in [-0.1, -0.05) is 11.6 Å². The van der Waals surface area contributed by atoms with E-state index >= 15 is 0 Å². The van der Waals surface area contributed by atoms with Crippen LogP contribution in [0.15, 0.2) is 36.7 Å². The maximum Gasteiger partial charge on any atom is 0.248 e. The van der Waals surface area contributed by atoms with Crippen molar-refractivity contribution in [2.75, 3.05) is 5.32 Å². The number of nitrogens with one attached hydrogen (secondary N) is 1. The van der Waals surface area contributed by atoms with Crippen LogP contribution in [-0.4, -0.2) is 30.9 Å². The minimum absolute atomic E-state index is 0.0496. The summed E-state index contributed by atoms with van der Waals surface area (Å²) in [4.78, 5) is 28.4. The Kier molecular flexibility index (Phi) is 6.35. The highest BCUT2D eigenvalue weighted by Crippen LogP contribution is 2.34. The maximum atomic E-state index is 15.0. The summed E-state index contributed by atoms with van der Waals surface area (Å²) in [6.07, 6.45) is 2.72. The summed E-state index contributed by atoms with van der Waals surface area (Å²) in [6.45, 7) is 4.67. The van der Waals surface area contributed by atoms with Crippen molar-refractivity contribution in [3.05, 3.63) is 76.0 Å². The van der Waals surface area contributed by atoms with E-state index in [9.17, 15) is 18.7 Å². The molecule has 0 aliphatic heterocycles. The lowest BCUT2D eigenvalue weighted by Gasteiger charge is -2.16. The van der Waals surface area contributed by atoms with Crippen LogP contribution in [-0.2, 0) is 12.1 Å². The molecule has 0 fully saturated rings. The molecule has 0 saturated carbocycles. The highest BCUT2D eigenvalue weighted by Gasteiger charge is 2.21.